The van der Waals surface area contributed by atoms with Crippen LogP contribution in [-0.2, 0) is 0 Å². The van der Waals surface area contributed by atoms with E-state index in [1.807, 2.05) is 41.8 Å². The Labute approximate surface area is 175 Å². The molecule has 9 heteroatoms. The number of nitro benzene ring substituents is 1. The fourth-order valence-electron chi connectivity index (χ4n) is 3.20. The number of hydrogen-bond acceptors (Lipinski definition) is 6. The minimum Gasteiger partial charge on any atom is -0.497 e. The summed E-state index contributed by atoms with van der Waals surface area (Å²) >= 11 is 1.24. The fourth-order valence-corrected chi connectivity index (χ4v) is 4.20. The number of fused-ring (bicyclic) bond motifs is 1. The van der Waals surface area contributed by atoms with Crippen molar-refractivity contribution in [1.29, 1.82) is 0 Å². The van der Waals surface area contributed by atoms with Crippen molar-refractivity contribution in [2.75, 3.05) is 12.4 Å². The third-order valence-electron chi connectivity index (χ3n) is 4.83. The molecule has 4 rings (SSSR count). The molecule has 0 aliphatic carbocycles. The molecule has 0 bridgehead atoms. The van der Waals surface area contributed by atoms with Crippen LogP contribution in [0.2, 0.25) is 0 Å². The van der Waals surface area contributed by atoms with Crippen LogP contribution in [0.25, 0.3) is 16.2 Å². The van der Waals surface area contributed by atoms with Crippen LogP contribution in [0.3, 0.4) is 0 Å². The first-order valence-electron chi connectivity index (χ1n) is 9.07. The number of anilines is 1. The molecular weight excluding hydrogens is 404 g/mol. The third-order valence-corrected chi connectivity index (χ3v) is 5.99. The van der Waals surface area contributed by atoms with Crippen LogP contribution < -0.4 is 10.1 Å². The van der Waals surface area contributed by atoms with Gasteiger partial charge in [-0.2, -0.15) is 0 Å². The lowest BCUT2D eigenvalue weighted by Crippen LogP contribution is -2.14. The zero-order valence-electron chi connectivity index (χ0n) is 16.5. The number of benzene rings is 2. The van der Waals surface area contributed by atoms with Crippen LogP contribution >= 0.6 is 11.3 Å². The molecule has 0 unspecified atom stereocenters. The highest BCUT2D eigenvalue weighted by atomic mass is 32.1. The van der Waals surface area contributed by atoms with Crippen molar-refractivity contribution in [1.82, 2.24) is 9.38 Å². The van der Waals surface area contributed by atoms with Gasteiger partial charge < -0.3 is 10.1 Å². The van der Waals surface area contributed by atoms with Gasteiger partial charge in [0.2, 0.25) is 0 Å². The summed E-state index contributed by atoms with van der Waals surface area (Å²) in [6.07, 6.45) is 1.87. The van der Waals surface area contributed by atoms with Crippen LogP contribution in [0.15, 0.2) is 48.7 Å². The van der Waals surface area contributed by atoms with Crippen LogP contribution in [0.4, 0.5) is 11.4 Å². The maximum atomic E-state index is 12.9. The molecule has 2 aromatic carbocycles. The number of nitro groups is 1. The van der Waals surface area contributed by atoms with Crippen molar-refractivity contribution < 1.29 is 14.5 Å². The predicted molar refractivity (Wildman–Crippen MR) is 116 cm³/mol. The van der Waals surface area contributed by atoms with Crippen molar-refractivity contribution in [3.63, 3.8) is 0 Å². The molecular formula is C21H18N4O4S. The molecule has 0 spiro atoms. The SMILES string of the molecule is COc1ccc(-c2cn3c(C)c(C(=O)Nc4c(C)cccc4[N+](=O)[O-])sc3n2)cc1. The van der Waals surface area contributed by atoms with E-state index in [-0.39, 0.29) is 11.4 Å². The molecule has 0 saturated heterocycles. The summed E-state index contributed by atoms with van der Waals surface area (Å²) in [6, 6.07) is 12.3. The van der Waals surface area contributed by atoms with Crippen LogP contribution in [0.5, 0.6) is 5.75 Å². The van der Waals surface area contributed by atoms with E-state index in [1.165, 1.54) is 17.4 Å². The summed E-state index contributed by atoms with van der Waals surface area (Å²) in [5, 5.41) is 14.0. The number of rotatable bonds is 5. The lowest BCUT2D eigenvalue weighted by molar-refractivity contribution is -0.384. The minimum absolute atomic E-state index is 0.135. The van der Waals surface area contributed by atoms with Gasteiger partial charge in [-0.15, -0.1) is 0 Å². The molecule has 0 fully saturated rings. The van der Waals surface area contributed by atoms with Gasteiger partial charge in [-0.3, -0.25) is 19.3 Å². The molecule has 8 nitrogen and oxygen atoms in total. The molecule has 152 valence electrons. The van der Waals surface area contributed by atoms with E-state index < -0.39 is 10.8 Å². The van der Waals surface area contributed by atoms with Gasteiger partial charge in [0.05, 0.1) is 17.7 Å². The van der Waals surface area contributed by atoms with Crippen molar-refractivity contribution in [2.24, 2.45) is 0 Å². The second-order valence-electron chi connectivity index (χ2n) is 6.70. The third kappa shape index (κ3) is 3.39. The highest BCUT2D eigenvalue weighted by Gasteiger charge is 2.22. The number of aromatic nitrogens is 2. The lowest BCUT2D eigenvalue weighted by atomic mass is 10.1. The van der Waals surface area contributed by atoms with E-state index in [4.69, 9.17) is 4.74 Å². The van der Waals surface area contributed by atoms with E-state index in [0.29, 0.717) is 15.4 Å². The molecule has 0 saturated carbocycles. The summed E-state index contributed by atoms with van der Waals surface area (Å²) in [6.45, 7) is 3.54. The second kappa shape index (κ2) is 7.60. The molecule has 0 aliphatic heterocycles. The number of carbonyl (C=O) groups is 1. The molecule has 1 amide bonds. The number of hydrogen-bond donors (Lipinski definition) is 1. The Hall–Kier alpha value is -3.72. The number of ether oxygens (including phenoxy) is 1. The van der Waals surface area contributed by atoms with E-state index in [2.05, 4.69) is 10.3 Å². The first kappa shape index (κ1) is 19.6. The van der Waals surface area contributed by atoms with Crippen molar-refractivity contribution >= 4 is 33.6 Å². The number of aryl methyl sites for hydroxylation is 2. The summed E-state index contributed by atoms with van der Waals surface area (Å²) in [5.41, 5.74) is 3.14. The molecule has 0 radical (unpaired) electrons. The first-order valence-corrected chi connectivity index (χ1v) is 9.89. The van der Waals surface area contributed by atoms with Crippen LogP contribution in [-0.4, -0.2) is 27.3 Å². The highest BCUT2D eigenvalue weighted by Crippen LogP contribution is 2.31. The van der Waals surface area contributed by atoms with Gasteiger partial charge in [0.25, 0.3) is 11.6 Å². The second-order valence-corrected chi connectivity index (χ2v) is 7.68. The molecule has 0 aliphatic rings. The number of imidazole rings is 1. The molecule has 4 aromatic rings. The number of amides is 1. The number of nitrogens with one attached hydrogen (secondary N) is 1. The standard InChI is InChI=1S/C21H18N4O4S/c1-12-5-4-6-17(25(27)28)18(12)23-20(26)19-13(2)24-11-16(22-21(24)30-19)14-7-9-15(29-3)10-8-14/h4-11H,1-3H3,(H,23,26). The van der Waals surface area contributed by atoms with E-state index >= 15 is 0 Å². The Morgan fingerprint density at radius 2 is 1.93 bits per heavy atom. The molecule has 30 heavy (non-hydrogen) atoms. The van der Waals surface area contributed by atoms with Gasteiger partial charge in [-0.05, 0) is 43.7 Å². The number of methoxy groups -OCH3 is 1. The Morgan fingerprint density at radius 3 is 2.57 bits per heavy atom. The van der Waals surface area contributed by atoms with Crippen molar-refractivity contribution in [3.05, 3.63) is 74.9 Å². The first-order chi connectivity index (χ1) is 14.4. The topological polar surface area (TPSA) is 98.8 Å². The predicted octanol–water partition coefficient (Wildman–Crippen LogP) is 4.85. The maximum absolute atomic E-state index is 12.9. The lowest BCUT2D eigenvalue weighted by Gasteiger charge is -2.08. The monoisotopic (exact) mass is 422 g/mol. The number of para-hydroxylation sites is 1. The van der Waals surface area contributed by atoms with Crippen molar-refractivity contribution in [2.45, 2.75) is 13.8 Å². The number of thiazole rings is 1. The summed E-state index contributed by atoms with van der Waals surface area (Å²) < 4.78 is 7.03. The van der Waals surface area contributed by atoms with E-state index in [0.717, 1.165) is 22.7 Å². The zero-order valence-corrected chi connectivity index (χ0v) is 17.3. The summed E-state index contributed by atoms with van der Waals surface area (Å²) in [5.74, 6) is 0.367. The quantitative estimate of drug-likeness (QED) is 0.366. The van der Waals surface area contributed by atoms with Gasteiger partial charge in [0.15, 0.2) is 4.96 Å². The molecule has 1 N–H and O–H groups in total. The van der Waals surface area contributed by atoms with E-state index in [9.17, 15) is 14.9 Å². The molecule has 2 aromatic heterocycles. The van der Waals surface area contributed by atoms with Gasteiger partial charge in [-0.1, -0.05) is 23.5 Å². The van der Waals surface area contributed by atoms with Gasteiger partial charge in [0.1, 0.15) is 16.3 Å². The maximum Gasteiger partial charge on any atom is 0.293 e. The van der Waals surface area contributed by atoms with Gasteiger partial charge >= 0.3 is 0 Å². The Balaban J connectivity index is 1.66. The fraction of sp³-hybridized carbons (Fsp3) is 0.143. The van der Waals surface area contributed by atoms with Crippen LogP contribution in [0, 0.1) is 24.0 Å². The average molecular weight is 422 g/mol. The van der Waals surface area contributed by atoms with E-state index in [1.54, 1.807) is 26.2 Å². The van der Waals surface area contributed by atoms with Gasteiger partial charge in [-0.25, -0.2) is 4.98 Å². The van der Waals surface area contributed by atoms with Gasteiger partial charge in [0, 0.05) is 23.5 Å². The highest BCUT2D eigenvalue weighted by molar-refractivity contribution is 7.19. The smallest absolute Gasteiger partial charge is 0.293 e. The zero-order chi connectivity index (χ0) is 21.4. The Bertz CT molecular complexity index is 1270. The number of carbonyl (C=O) groups excluding carboxylic acids is 1. The average Bonchev–Trinajstić information content (AvgIpc) is 3.29. The van der Waals surface area contributed by atoms with Crippen LogP contribution in [0.1, 0.15) is 20.9 Å². The number of nitrogens with zero attached hydrogens (tertiary/aromatic N) is 3. The molecule has 0 atom stereocenters. The summed E-state index contributed by atoms with van der Waals surface area (Å²) in [4.78, 5) is 29.4. The Kier molecular flexibility index (Phi) is 4.96. The van der Waals surface area contributed by atoms with Crippen molar-refractivity contribution in [3.8, 4) is 17.0 Å². The normalized spacial score (nSPS) is 10.9. The largest absolute Gasteiger partial charge is 0.497 e. The molecule has 2 heterocycles. The Morgan fingerprint density at radius 1 is 1.20 bits per heavy atom. The minimum atomic E-state index is -0.502. The summed E-state index contributed by atoms with van der Waals surface area (Å²) in [7, 11) is 1.61.